The predicted molar refractivity (Wildman–Crippen MR) is 71.6 cm³/mol. The number of amides is 1. The molecule has 0 aliphatic rings. The third kappa shape index (κ3) is 3.66. The Balaban J connectivity index is 1.84. The Morgan fingerprint density at radius 1 is 1.26 bits per heavy atom. The van der Waals surface area contributed by atoms with E-state index in [0.717, 1.165) is 23.6 Å². The molecule has 0 radical (unpaired) electrons. The van der Waals surface area contributed by atoms with Crippen molar-refractivity contribution in [3.8, 4) is 0 Å². The number of carbonyl (C=O) groups is 1. The Bertz CT molecular complexity index is 546. The molecule has 0 spiro atoms. The molecule has 0 fully saturated rings. The maximum atomic E-state index is 11.4. The van der Waals surface area contributed by atoms with Crippen molar-refractivity contribution in [2.45, 2.75) is 20.0 Å². The number of nitrogens with zero attached hydrogens (tertiary/aromatic N) is 1. The van der Waals surface area contributed by atoms with E-state index >= 15 is 0 Å². The zero-order chi connectivity index (χ0) is 13.7. The van der Waals surface area contributed by atoms with Gasteiger partial charge in [0.2, 0.25) is 0 Å². The van der Waals surface area contributed by atoms with Crippen molar-refractivity contribution in [1.82, 2.24) is 15.8 Å². The Morgan fingerprint density at radius 2 is 2.00 bits per heavy atom. The molecule has 1 heterocycles. The summed E-state index contributed by atoms with van der Waals surface area (Å²) in [6.07, 6.45) is 0. The molecule has 19 heavy (non-hydrogen) atoms. The fourth-order valence-electron chi connectivity index (χ4n) is 1.75. The molecule has 2 rings (SSSR count). The molecular weight excluding hydrogens is 242 g/mol. The second kappa shape index (κ2) is 6.15. The van der Waals surface area contributed by atoms with Crippen LogP contribution in [0.1, 0.15) is 27.4 Å². The summed E-state index contributed by atoms with van der Waals surface area (Å²) in [7, 11) is 1.62. The van der Waals surface area contributed by atoms with Gasteiger partial charge in [-0.2, -0.15) is 0 Å². The van der Waals surface area contributed by atoms with Gasteiger partial charge >= 0.3 is 0 Å². The Hall–Kier alpha value is -2.14. The molecule has 0 saturated carbocycles. The van der Waals surface area contributed by atoms with Crippen LogP contribution in [0.3, 0.4) is 0 Å². The molecule has 0 saturated heterocycles. The van der Waals surface area contributed by atoms with E-state index in [2.05, 4.69) is 15.8 Å². The van der Waals surface area contributed by atoms with Crippen LogP contribution >= 0.6 is 0 Å². The molecule has 0 aliphatic carbocycles. The topological polar surface area (TPSA) is 67.2 Å². The number of nitrogens with one attached hydrogen (secondary N) is 2. The van der Waals surface area contributed by atoms with Crippen LogP contribution in [0.15, 0.2) is 34.9 Å². The summed E-state index contributed by atoms with van der Waals surface area (Å²) in [5, 5.41) is 9.77. The molecule has 1 amide bonds. The second-order valence-electron chi connectivity index (χ2n) is 4.31. The van der Waals surface area contributed by atoms with Crippen molar-refractivity contribution in [3.63, 3.8) is 0 Å². The van der Waals surface area contributed by atoms with Gasteiger partial charge in [-0.25, -0.2) is 0 Å². The van der Waals surface area contributed by atoms with E-state index in [0.29, 0.717) is 12.1 Å². The molecule has 1 aromatic carbocycles. The summed E-state index contributed by atoms with van der Waals surface area (Å²) in [5.74, 6) is 0.740. The first-order valence-electron chi connectivity index (χ1n) is 6.13. The van der Waals surface area contributed by atoms with Gasteiger partial charge in [-0.3, -0.25) is 4.79 Å². The smallest absolute Gasteiger partial charge is 0.251 e. The summed E-state index contributed by atoms with van der Waals surface area (Å²) < 4.78 is 4.99. The van der Waals surface area contributed by atoms with E-state index in [4.69, 9.17) is 4.52 Å². The van der Waals surface area contributed by atoms with Crippen molar-refractivity contribution in [2.24, 2.45) is 0 Å². The van der Waals surface area contributed by atoms with Gasteiger partial charge in [-0.15, -0.1) is 0 Å². The maximum absolute atomic E-state index is 11.4. The van der Waals surface area contributed by atoms with Crippen LogP contribution in [-0.4, -0.2) is 18.1 Å². The van der Waals surface area contributed by atoms with Gasteiger partial charge in [-0.1, -0.05) is 17.3 Å². The lowest BCUT2D eigenvalue weighted by Gasteiger charge is -2.04. The monoisotopic (exact) mass is 259 g/mol. The Kier molecular flexibility index (Phi) is 4.30. The first-order chi connectivity index (χ1) is 9.19. The number of carbonyl (C=O) groups excluding carboxylic acids is 1. The van der Waals surface area contributed by atoms with E-state index in [-0.39, 0.29) is 5.91 Å². The highest BCUT2D eigenvalue weighted by Crippen LogP contribution is 2.05. The zero-order valence-electron chi connectivity index (χ0n) is 11.1. The third-order valence-corrected chi connectivity index (χ3v) is 2.76. The standard InChI is InChI=1S/C14H17N3O2/c1-10-7-13(17-19-10)9-16-8-11-3-5-12(6-4-11)14(18)15-2/h3-7,16H,8-9H2,1-2H3,(H,15,18). The summed E-state index contributed by atoms with van der Waals surface area (Å²) in [6, 6.07) is 9.41. The summed E-state index contributed by atoms with van der Waals surface area (Å²) in [5.41, 5.74) is 2.67. The van der Waals surface area contributed by atoms with Gasteiger partial charge in [0, 0.05) is 31.8 Å². The number of hydrogen-bond donors (Lipinski definition) is 2. The van der Waals surface area contributed by atoms with Crippen LogP contribution in [0, 0.1) is 6.92 Å². The third-order valence-electron chi connectivity index (χ3n) is 2.76. The quantitative estimate of drug-likeness (QED) is 0.856. The normalized spacial score (nSPS) is 10.4. The highest BCUT2D eigenvalue weighted by atomic mass is 16.5. The van der Waals surface area contributed by atoms with E-state index in [1.807, 2.05) is 37.3 Å². The fourth-order valence-corrected chi connectivity index (χ4v) is 1.75. The average molecular weight is 259 g/mol. The highest BCUT2D eigenvalue weighted by molar-refractivity contribution is 5.93. The molecular formula is C14H17N3O2. The van der Waals surface area contributed by atoms with E-state index in [1.165, 1.54) is 0 Å². The minimum Gasteiger partial charge on any atom is -0.361 e. The number of aromatic nitrogens is 1. The van der Waals surface area contributed by atoms with Crippen LogP contribution in [0.4, 0.5) is 0 Å². The lowest BCUT2D eigenvalue weighted by molar-refractivity contribution is 0.0963. The molecule has 5 nitrogen and oxygen atoms in total. The van der Waals surface area contributed by atoms with Crippen LogP contribution in [0.25, 0.3) is 0 Å². The Labute approximate surface area is 112 Å². The van der Waals surface area contributed by atoms with E-state index < -0.39 is 0 Å². The maximum Gasteiger partial charge on any atom is 0.251 e. The van der Waals surface area contributed by atoms with Gasteiger partial charge < -0.3 is 15.2 Å². The number of aryl methyl sites for hydroxylation is 1. The molecule has 100 valence electrons. The summed E-state index contributed by atoms with van der Waals surface area (Å²) in [4.78, 5) is 11.4. The van der Waals surface area contributed by atoms with Crippen molar-refractivity contribution >= 4 is 5.91 Å². The summed E-state index contributed by atoms with van der Waals surface area (Å²) in [6.45, 7) is 3.25. The molecule has 5 heteroatoms. The van der Waals surface area contributed by atoms with Gasteiger partial charge in [0.05, 0.1) is 5.69 Å². The number of rotatable bonds is 5. The largest absolute Gasteiger partial charge is 0.361 e. The first kappa shape index (κ1) is 13.3. The van der Waals surface area contributed by atoms with Gasteiger partial charge in [0.1, 0.15) is 5.76 Å². The average Bonchev–Trinajstić information content (AvgIpc) is 2.84. The minimum absolute atomic E-state index is 0.0717. The number of hydrogen-bond acceptors (Lipinski definition) is 4. The lowest BCUT2D eigenvalue weighted by atomic mass is 10.1. The van der Waals surface area contributed by atoms with Crippen LogP contribution in [0.2, 0.25) is 0 Å². The fraction of sp³-hybridized carbons (Fsp3) is 0.286. The summed E-state index contributed by atoms with van der Waals surface area (Å²) >= 11 is 0. The van der Waals surface area contributed by atoms with Crippen LogP contribution < -0.4 is 10.6 Å². The molecule has 0 unspecified atom stereocenters. The van der Waals surface area contributed by atoms with Crippen molar-refractivity contribution in [2.75, 3.05) is 7.05 Å². The molecule has 0 bridgehead atoms. The van der Waals surface area contributed by atoms with Crippen molar-refractivity contribution in [1.29, 1.82) is 0 Å². The van der Waals surface area contributed by atoms with Crippen molar-refractivity contribution in [3.05, 3.63) is 52.9 Å². The van der Waals surface area contributed by atoms with E-state index in [1.54, 1.807) is 7.05 Å². The van der Waals surface area contributed by atoms with E-state index in [9.17, 15) is 4.79 Å². The van der Waals surface area contributed by atoms with Crippen LogP contribution in [-0.2, 0) is 13.1 Å². The molecule has 1 aromatic heterocycles. The van der Waals surface area contributed by atoms with Gasteiger partial charge in [0.15, 0.2) is 0 Å². The van der Waals surface area contributed by atoms with Crippen LogP contribution in [0.5, 0.6) is 0 Å². The minimum atomic E-state index is -0.0717. The van der Waals surface area contributed by atoms with Gasteiger partial charge in [0.25, 0.3) is 5.91 Å². The molecule has 2 N–H and O–H groups in total. The number of benzene rings is 1. The SMILES string of the molecule is CNC(=O)c1ccc(CNCc2cc(C)on2)cc1. The molecule has 0 atom stereocenters. The molecule has 2 aromatic rings. The first-order valence-corrected chi connectivity index (χ1v) is 6.13. The Morgan fingerprint density at radius 3 is 2.58 bits per heavy atom. The molecule has 0 aliphatic heterocycles. The van der Waals surface area contributed by atoms with Gasteiger partial charge in [-0.05, 0) is 24.6 Å². The lowest BCUT2D eigenvalue weighted by Crippen LogP contribution is -2.18. The predicted octanol–water partition coefficient (Wildman–Crippen LogP) is 1.63. The second-order valence-corrected chi connectivity index (χ2v) is 4.31. The zero-order valence-corrected chi connectivity index (χ0v) is 11.1. The highest BCUT2D eigenvalue weighted by Gasteiger charge is 2.03. The van der Waals surface area contributed by atoms with Crippen molar-refractivity contribution < 1.29 is 9.32 Å².